The largest absolute Gasteiger partial charge is 0.337 e. The molecular weight excluding hydrogens is 267 g/mol. The van der Waals surface area contributed by atoms with Crippen molar-refractivity contribution in [2.75, 3.05) is 7.05 Å². The van der Waals surface area contributed by atoms with Gasteiger partial charge in [0.1, 0.15) is 0 Å². The molecule has 0 unspecified atom stereocenters. The number of rotatable bonds is 3. The minimum atomic E-state index is -0.783. The van der Waals surface area contributed by atoms with Crippen molar-refractivity contribution in [1.29, 1.82) is 0 Å². The molecule has 1 aromatic carbocycles. The van der Waals surface area contributed by atoms with Gasteiger partial charge in [-0.2, -0.15) is 0 Å². The second-order valence-electron chi connectivity index (χ2n) is 4.11. The number of nitrogens with zero attached hydrogens (tertiary/aromatic N) is 2. The van der Waals surface area contributed by atoms with Gasteiger partial charge in [0, 0.05) is 19.8 Å². The molecule has 3 nitrogen and oxygen atoms in total. The summed E-state index contributed by atoms with van der Waals surface area (Å²) in [6, 6.07) is 10.8. The summed E-state index contributed by atoms with van der Waals surface area (Å²) in [4.78, 5) is 17.1. The molecule has 0 aliphatic carbocycles. The van der Waals surface area contributed by atoms with E-state index in [-0.39, 0.29) is 10.7 Å². The van der Waals surface area contributed by atoms with Gasteiger partial charge in [0.15, 0.2) is 11.0 Å². The second-order valence-corrected chi connectivity index (χ2v) is 4.47. The first kappa shape index (κ1) is 13.5. The number of pyridine rings is 1. The Morgan fingerprint density at radius 2 is 2.00 bits per heavy atom. The van der Waals surface area contributed by atoms with E-state index in [9.17, 15) is 9.18 Å². The third kappa shape index (κ3) is 3.09. The number of carbonyl (C=O) groups excluding carboxylic acids is 1. The van der Waals surface area contributed by atoms with Crippen molar-refractivity contribution in [2.45, 2.75) is 6.54 Å². The third-order valence-corrected chi connectivity index (χ3v) is 2.95. The molecule has 0 N–H and O–H groups in total. The fourth-order valence-corrected chi connectivity index (χ4v) is 1.88. The molecule has 0 saturated heterocycles. The Kier molecular flexibility index (Phi) is 4.12. The van der Waals surface area contributed by atoms with Crippen molar-refractivity contribution >= 4 is 17.5 Å². The van der Waals surface area contributed by atoms with E-state index in [0.717, 1.165) is 5.56 Å². The number of aromatic nitrogens is 1. The Balaban J connectivity index is 2.18. The van der Waals surface area contributed by atoms with Crippen molar-refractivity contribution in [3.63, 3.8) is 0 Å². The van der Waals surface area contributed by atoms with Crippen LogP contribution in [0.1, 0.15) is 15.9 Å². The predicted molar refractivity (Wildman–Crippen MR) is 71.4 cm³/mol. The molecule has 0 saturated carbocycles. The van der Waals surface area contributed by atoms with Crippen LogP contribution in [0, 0.1) is 5.82 Å². The quantitative estimate of drug-likeness (QED) is 0.808. The van der Waals surface area contributed by atoms with Crippen LogP contribution in [0.3, 0.4) is 0 Å². The Morgan fingerprint density at radius 3 is 2.68 bits per heavy atom. The lowest BCUT2D eigenvalue weighted by molar-refractivity contribution is 0.0780. The van der Waals surface area contributed by atoms with Crippen LogP contribution in [-0.4, -0.2) is 22.8 Å². The number of halogens is 2. The van der Waals surface area contributed by atoms with Crippen LogP contribution in [0.2, 0.25) is 5.15 Å². The highest BCUT2D eigenvalue weighted by Gasteiger charge is 2.18. The summed E-state index contributed by atoms with van der Waals surface area (Å²) in [6.07, 6.45) is 1.31. The van der Waals surface area contributed by atoms with Crippen LogP contribution in [-0.2, 0) is 6.54 Å². The average Bonchev–Trinajstić information content (AvgIpc) is 2.42. The van der Waals surface area contributed by atoms with Crippen LogP contribution >= 0.6 is 11.6 Å². The zero-order valence-electron chi connectivity index (χ0n) is 10.3. The van der Waals surface area contributed by atoms with E-state index in [0.29, 0.717) is 6.54 Å². The summed E-state index contributed by atoms with van der Waals surface area (Å²) >= 11 is 5.57. The fraction of sp³-hybridized carbons (Fsp3) is 0.143. The standard InChI is InChI=1S/C14H12ClFN2O/c1-18(9-10-5-3-2-4-6-10)14(19)11-7-8-17-13(15)12(11)16/h2-8H,9H2,1H3. The van der Waals surface area contributed by atoms with Gasteiger partial charge in [0.2, 0.25) is 0 Å². The molecule has 0 radical (unpaired) electrons. The minimum absolute atomic E-state index is 0.0709. The van der Waals surface area contributed by atoms with Crippen molar-refractivity contribution in [3.8, 4) is 0 Å². The van der Waals surface area contributed by atoms with Gasteiger partial charge in [-0.25, -0.2) is 9.37 Å². The Bertz CT molecular complexity index is 589. The summed E-state index contributed by atoms with van der Waals surface area (Å²) in [5, 5.41) is -0.293. The molecule has 0 spiro atoms. The molecule has 1 aromatic heterocycles. The molecule has 5 heteroatoms. The van der Waals surface area contributed by atoms with Crippen LogP contribution < -0.4 is 0 Å². The summed E-state index contributed by atoms with van der Waals surface area (Å²) in [5.41, 5.74) is 0.900. The van der Waals surface area contributed by atoms with Crippen molar-refractivity contribution in [1.82, 2.24) is 9.88 Å². The summed E-state index contributed by atoms with van der Waals surface area (Å²) in [7, 11) is 1.61. The van der Waals surface area contributed by atoms with Gasteiger partial charge in [-0.15, -0.1) is 0 Å². The number of benzene rings is 1. The molecule has 0 atom stereocenters. The van der Waals surface area contributed by atoms with E-state index in [1.165, 1.54) is 17.2 Å². The highest BCUT2D eigenvalue weighted by atomic mass is 35.5. The van der Waals surface area contributed by atoms with Gasteiger partial charge < -0.3 is 4.90 Å². The maximum atomic E-state index is 13.7. The Hall–Kier alpha value is -1.94. The van der Waals surface area contributed by atoms with Gasteiger partial charge >= 0.3 is 0 Å². The molecule has 2 rings (SSSR count). The van der Waals surface area contributed by atoms with Crippen molar-refractivity contribution in [3.05, 3.63) is 64.7 Å². The molecule has 0 fully saturated rings. The molecule has 1 heterocycles. The van der Waals surface area contributed by atoms with Gasteiger partial charge in [-0.1, -0.05) is 41.9 Å². The van der Waals surface area contributed by atoms with Gasteiger partial charge in [0.05, 0.1) is 5.56 Å². The summed E-state index contributed by atoms with van der Waals surface area (Å²) < 4.78 is 13.7. The van der Waals surface area contributed by atoms with Crippen LogP contribution in [0.4, 0.5) is 4.39 Å². The SMILES string of the molecule is CN(Cc1ccccc1)C(=O)c1ccnc(Cl)c1F. The molecule has 19 heavy (non-hydrogen) atoms. The number of hydrogen-bond donors (Lipinski definition) is 0. The topological polar surface area (TPSA) is 33.2 Å². The third-order valence-electron chi connectivity index (χ3n) is 2.69. The molecule has 0 bridgehead atoms. The zero-order chi connectivity index (χ0) is 13.8. The second kappa shape index (κ2) is 5.80. The fourth-order valence-electron chi connectivity index (χ4n) is 1.72. The molecule has 98 valence electrons. The van der Waals surface area contributed by atoms with E-state index in [1.807, 2.05) is 30.3 Å². The summed E-state index contributed by atoms with van der Waals surface area (Å²) in [5.74, 6) is -1.21. The normalized spacial score (nSPS) is 10.3. The highest BCUT2D eigenvalue weighted by Crippen LogP contribution is 2.17. The average molecular weight is 279 g/mol. The zero-order valence-corrected chi connectivity index (χ0v) is 11.1. The van der Waals surface area contributed by atoms with Crippen molar-refractivity contribution < 1.29 is 9.18 Å². The lowest BCUT2D eigenvalue weighted by Gasteiger charge is -2.17. The van der Waals surface area contributed by atoms with E-state index in [2.05, 4.69) is 4.98 Å². The van der Waals surface area contributed by atoms with Crippen molar-refractivity contribution in [2.24, 2.45) is 0 Å². The van der Waals surface area contributed by atoms with Crippen LogP contribution in [0.25, 0.3) is 0 Å². The lowest BCUT2D eigenvalue weighted by Crippen LogP contribution is -2.27. The van der Waals surface area contributed by atoms with Gasteiger partial charge in [-0.05, 0) is 11.6 Å². The van der Waals surface area contributed by atoms with Gasteiger partial charge in [-0.3, -0.25) is 4.79 Å². The Labute approximate surface area is 115 Å². The number of amides is 1. The Morgan fingerprint density at radius 1 is 1.32 bits per heavy atom. The monoisotopic (exact) mass is 278 g/mol. The molecule has 1 amide bonds. The van der Waals surface area contributed by atoms with E-state index < -0.39 is 11.7 Å². The first-order valence-electron chi connectivity index (χ1n) is 5.69. The van der Waals surface area contributed by atoms with E-state index >= 15 is 0 Å². The van der Waals surface area contributed by atoms with Crippen LogP contribution in [0.5, 0.6) is 0 Å². The summed E-state index contributed by atoms with van der Waals surface area (Å²) in [6.45, 7) is 0.402. The maximum Gasteiger partial charge on any atom is 0.257 e. The lowest BCUT2D eigenvalue weighted by atomic mass is 10.2. The van der Waals surface area contributed by atoms with E-state index in [4.69, 9.17) is 11.6 Å². The smallest absolute Gasteiger partial charge is 0.257 e. The first-order chi connectivity index (χ1) is 9.09. The maximum absolute atomic E-state index is 13.7. The molecule has 2 aromatic rings. The number of hydrogen-bond acceptors (Lipinski definition) is 2. The van der Waals surface area contributed by atoms with Crippen LogP contribution in [0.15, 0.2) is 42.6 Å². The molecule has 0 aliphatic heterocycles. The highest BCUT2D eigenvalue weighted by molar-refractivity contribution is 6.29. The van der Waals surface area contributed by atoms with E-state index in [1.54, 1.807) is 7.05 Å². The minimum Gasteiger partial charge on any atom is -0.337 e. The predicted octanol–water partition coefficient (Wildman–Crippen LogP) is 3.15. The molecule has 0 aliphatic rings. The van der Waals surface area contributed by atoms with Gasteiger partial charge in [0.25, 0.3) is 5.91 Å². The molecular formula is C14H12ClFN2O. The first-order valence-corrected chi connectivity index (χ1v) is 6.07. The number of carbonyl (C=O) groups is 1.